The summed E-state index contributed by atoms with van der Waals surface area (Å²) in [6, 6.07) is 0. The third-order valence-corrected chi connectivity index (χ3v) is 1.94. The van der Waals surface area contributed by atoms with E-state index in [-0.39, 0.29) is 37.7 Å². The topological polar surface area (TPSA) is 101 Å². The zero-order chi connectivity index (χ0) is 18.2. The molecule has 0 unspecified atom stereocenters. The molecule has 140 valence electrons. The fourth-order valence-corrected chi connectivity index (χ4v) is 0.761. The molecule has 3 N–H and O–H groups in total. The van der Waals surface area contributed by atoms with E-state index in [1.165, 1.54) is 13.8 Å². The predicted octanol–water partition coefficient (Wildman–Crippen LogP) is 2.17. The molecule has 0 aliphatic rings. The standard InChI is InChI=1S/C5H8O2.3C4H10O.Zr/c1-4(6)3-5(2)7;3*1-2-3-4-5;/h3,6H,1-2H3;3*5H,2-4H2,1H3;/p-1/b4-3-;;;;. The number of hydrogen-bond donors (Lipinski definition) is 3. The Morgan fingerprint density at radius 2 is 1.09 bits per heavy atom. The fourth-order valence-electron chi connectivity index (χ4n) is 0.761. The van der Waals surface area contributed by atoms with Crippen molar-refractivity contribution in [2.75, 3.05) is 19.8 Å². The number of unbranched alkanes of at least 4 members (excludes halogenated alkanes) is 3. The summed E-state index contributed by atoms with van der Waals surface area (Å²) >= 11 is 0. The van der Waals surface area contributed by atoms with E-state index in [9.17, 15) is 9.90 Å². The minimum atomic E-state index is -0.187. The molecule has 23 heavy (non-hydrogen) atoms. The molecule has 0 amide bonds. The van der Waals surface area contributed by atoms with E-state index in [4.69, 9.17) is 15.3 Å². The average Bonchev–Trinajstić information content (AvgIpc) is 2.42. The summed E-state index contributed by atoms with van der Waals surface area (Å²) in [5.41, 5.74) is 0. The molecule has 0 radical (unpaired) electrons. The molecule has 0 aliphatic heterocycles. The SMILES string of the molecule is CC(=O)/C=C(/C)[O-].CCCCO.CCCCO.CCCCO.[Zr]. The van der Waals surface area contributed by atoms with Crippen LogP contribution in [0.25, 0.3) is 0 Å². The Morgan fingerprint density at radius 3 is 1.09 bits per heavy atom. The number of hydrogen-bond acceptors (Lipinski definition) is 5. The van der Waals surface area contributed by atoms with E-state index in [1.807, 2.05) is 0 Å². The van der Waals surface area contributed by atoms with Crippen molar-refractivity contribution in [3.63, 3.8) is 0 Å². The molecule has 0 saturated heterocycles. The van der Waals surface area contributed by atoms with Gasteiger partial charge in [0.15, 0.2) is 5.78 Å². The van der Waals surface area contributed by atoms with Crippen LogP contribution < -0.4 is 5.11 Å². The molecule has 0 heterocycles. The fraction of sp³-hybridized carbons (Fsp3) is 0.824. The van der Waals surface area contributed by atoms with Gasteiger partial charge in [0.25, 0.3) is 0 Å². The van der Waals surface area contributed by atoms with Gasteiger partial charge >= 0.3 is 0 Å². The Balaban J connectivity index is -0.0000000625. The molecule has 0 rings (SSSR count). The molecule has 0 aromatic rings. The van der Waals surface area contributed by atoms with Crippen LogP contribution in [0.1, 0.15) is 73.1 Å². The summed E-state index contributed by atoms with van der Waals surface area (Å²) in [5.74, 6) is -0.375. The van der Waals surface area contributed by atoms with Crippen LogP contribution in [-0.2, 0) is 31.0 Å². The van der Waals surface area contributed by atoms with Crippen molar-refractivity contribution in [3.8, 4) is 0 Å². The van der Waals surface area contributed by atoms with Gasteiger partial charge in [0, 0.05) is 46.0 Å². The van der Waals surface area contributed by atoms with E-state index in [2.05, 4.69) is 20.8 Å². The monoisotopic (exact) mass is 411 g/mol. The number of aliphatic hydroxyl groups excluding tert-OH is 3. The summed E-state index contributed by atoms with van der Waals surface area (Å²) in [5, 5.41) is 34.2. The van der Waals surface area contributed by atoms with Crippen molar-refractivity contribution in [2.45, 2.75) is 73.1 Å². The van der Waals surface area contributed by atoms with Crippen molar-refractivity contribution < 1.29 is 51.4 Å². The van der Waals surface area contributed by atoms with Crippen LogP contribution in [-0.4, -0.2) is 40.9 Å². The van der Waals surface area contributed by atoms with Crippen molar-refractivity contribution in [3.05, 3.63) is 11.8 Å². The van der Waals surface area contributed by atoms with Crippen LogP contribution in [0.3, 0.4) is 0 Å². The molecule has 0 spiro atoms. The largest absolute Gasteiger partial charge is 0.876 e. The predicted molar refractivity (Wildman–Crippen MR) is 90.4 cm³/mol. The number of carbonyl (C=O) groups is 1. The van der Waals surface area contributed by atoms with Crippen LogP contribution in [0.2, 0.25) is 0 Å². The van der Waals surface area contributed by atoms with Crippen molar-refractivity contribution in [2.24, 2.45) is 0 Å². The van der Waals surface area contributed by atoms with Crippen LogP contribution in [0.4, 0.5) is 0 Å². The molecule has 0 saturated carbocycles. The molecule has 0 aromatic heterocycles. The van der Waals surface area contributed by atoms with Crippen LogP contribution >= 0.6 is 0 Å². The van der Waals surface area contributed by atoms with Gasteiger partial charge in [0.05, 0.1) is 0 Å². The first-order valence-corrected chi connectivity index (χ1v) is 8.06. The summed E-state index contributed by atoms with van der Waals surface area (Å²) in [4.78, 5) is 9.98. The Morgan fingerprint density at radius 1 is 0.826 bits per heavy atom. The Hall–Kier alpha value is -0.0269. The molecule has 6 heteroatoms. The van der Waals surface area contributed by atoms with Gasteiger partial charge in [-0.25, -0.2) is 0 Å². The molecule has 0 aliphatic carbocycles. The Kier molecular flexibility index (Phi) is 56.6. The quantitative estimate of drug-likeness (QED) is 0.439. The van der Waals surface area contributed by atoms with Crippen molar-refractivity contribution in [1.82, 2.24) is 0 Å². The van der Waals surface area contributed by atoms with Gasteiger partial charge in [-0.15, -0.1) is 5.76 Å². The van der Waals surface area contributed by atoms with Gasteiger partial charge in [0.2, 0.25) is 0 Å². The second-order valence-corrected chi connectivity index (χ2v) is 4.60. The Labute approximate surface area is 161 Å². The maximum Gasteiger partial charge on any atom is 0.151 e. The molecule has 0 aromatic carbocycles. The van der Waals surface area contributed by atoms with E-state index < -0.39 is 0 Å². The number of aliphatic hydroxyl groups is 3. The van der Waals surface area contributed by atoms with Crippen molar-refractivity contribution >= 4 is 5.78 Å². The summed E-state index contributed by atoms with van der Waals surface area (Å²) in [7, 11) is 0. The first-order chi connectivity index (χ1) is 10.4. The third-order valence-electron chi connectivity index (χ3n) is 1.94. The number of rotatable bonds is 7. The zero-order valence-corrected chi connectivity index (χ0v) is 18.1. The van der Waals surface area contributed by atoms with Gasteiger partial charge < -0.3 is 20.4 Å². The van der Waals surface area contributed by atoms with Gasteiger partial charge in [-0.05, 0) is 32.3 Å². The second-order valence-electron chi connectivity index (χ2n) is 4.60. The molecule has 0 atom stereocenters. The van der Waals surface area contributed by atoms with Gasteiger partial charge in [0.1, 0.15) is 0 Å². The maximum atomic E-state index is 9.98. The van der Waals surface area contributed by atoms with Crippen LogP contribution in [0, 0.1) is 0 Å². The molecule has 5 nitrogen and oxygen atoms in total. The van der Waals surface area contributed by atoms with E-state index in [0.717, 1.165) is 44.6 Å². The van der Waals surface area contributed by atoms with Crippen LogP contribution in [0.15, 0.2) is 11.8 Å². The number of carbonyl (C=O) groups excluding carboxylic acids is 1. The van der Waals surface area contributed by atoms with E-state index >= 15 is 0 Å². The number of allylic oxidation sites excluding steroid dienone is 2. The Bertz CT molecular complexity index is 197. The first-order valence-electron chi connectivity index (χ1n) is 8.06. The smallest absolute Gasteiger partial charge is 0.151 e. The minimum absolute atomic E-state index is 0. The second kappa shape index (κ2) is 37.9. The molecule has 0 fully saturated rings. The van der Waals surface area contributed by atoms with E-state index in [1.54, 1.807) is 0 Å². The van der Waals surface area contributed by atoms with Gasteiger partial charge in [-0.1, -0.05) is 47.0 Å². The molecular weight excluding hydrogens is 375 g/mol. The minimum Gasteiger partial charge on any atom is -0.876 e. The average molecular weight is 413 g/mol. The maximum absolute atomic E-state index is 9.98. The van der Waals surface area contributed by atoms with Gasteiger partial charge in [-0.3, -0.25) is 4.79 Å². The molecule has 0 bridgehead atoms. The van der Waals surface area contributed by atoms with E-state index in [0.29, 0.717) is 19.8 Å². The zero-order valence-electron chi connectivity index (χ0n) is 15.6. The van der Waals surface area contributed by atoms with Crippen molar-refractivity contribution in [1.29, 1.82) is 0 Å². The van der Waals surface area contributed by atoms with Crippen LogP contribution in [0.5, 0.6) is 0 Å². The summed E-state index contributed by atoms with van der Waals surface area (Å²) in [6.07, 6.45) is 7.17. The normalized spacial score (nSPS) is 8.96. The third kappa shape index (κ3) is 88.1. The van der Waals surface area contributed by atoms with Gasteiger partial charge in [-0.2, -0.15) is 0 Å². The summed E-state index contributed by atoms with van der Waals surface area (Å²) < 4.78 is 0. The molecular formula is C17H37O5Zr-. The summed E-state index contributed by atoms with van der Waals surface area (Å²) in [6.45, 7) is 9.88. The first kappa shape index (κ1) is 34.3. The number of ketones is 1.